The lowest BCUT2D eigenvalue weighted by molar-refractivity contribution is -0.317. The Bertz CT molecular complexity index is 1240. The molecule has 208 valence electrons. The molecule has 6 heteroatoms. The Labute approximate surface area is 236 Å². The molecule has 1 aliphatic rings. The van der Waals surface area contributed by atoms with Gasteiger partial charge in [0, 0.05) is 0 Å². The summed E-state index contributed by atoms with van der Waals surface area (Å²) in [5.41, 5.74) is 4.10. The number of hydrogen-bond donors (Lipinski definition) is 1. The Hall–Kier alpha value is -3.36. The summed E-state index contributed by atoms with van der Waals surface area (Å²) in [5.74, 6) is 0. The second kappa shape index (κ2) is 14.9. The zero-order valence-electron chi connectivity index (χ0n) is 22.5. The molecule has 0 unspecified atom stereocenters. The Morgan fingerprint density at radius 2 is 0.850 bits per heavy atom. The van der Waals surface area contributed by atoms with E-state index in [0.29, 0.717) is 26.4 Å². The van der Waals surface area contributed by atoms with Gasteiger partial charge in [-0.1, -0.05) is 121 Å². The molecule has 0 radical (unpaired) electrons. The zero-order chi connectivity index (χ0) is 27.4. The number of hydrogen-bond acceptors (Lipinski definition) is 6. The standard InChI is InChI=1S/C34H36O6/c35-34-33(39-24-29-19-11-4-12-20-29)32(38-23-28-17-9-3-10-18-28)31(37-22-27-15-7-2-8-16-27)30(40-34)25-36-21-26-13-5-1-6-14-26/h1-20,30-35H,21-25H2/t30-,31-,32+,33-,34-/m1/s1. The first kappa shape index (κ1) is 28.2. The van der Waals surface area contributed by atoms with Crippen LogP contribution in [-0.2, 0) is 50.1 Å². The third-order valence-corrected chi connectivity index (χ3v) is 6.86. The monoisotopic (exact) mass is 540 g/mol. The number of rotatable bonds is 13. The summed E-state index contributed by atoms with van der Waals surface area (Å²) >= 11 is 0. The summed E-state index contributed by atoms with van der Waals surface area (Å²) < 4.78 is 31.4. The van der Waals surface area contributed by atoms with E-state index in [1.54, 1.807) is 0 Å². The van der Waals surface area contributed by atoms with Gasteiger partial charge in [0.15, 0.2) is 6.29 Å². The molecule has 0 spiro atoms. The average molecular weight is 541 g/mol. The second-order valence-electron chi connectivity index (χ2n) is 9.85. The zero-order valence-corrected chi connectivity index (χ0v) is 22.5. The van der Waals surface area contributed by atoms with Crippen LogP contribution in [-0.4, -0.2) is 42.4 Å². The van der Waals surface area contributed by atoms with Gasteiger partial charge >= 0.3 is 0 Å². The van der Waals surface area contributed by atoms with E-state index in [2.05, 4.69) is 0 Å². The van der Waals surface area contributed by atoms with Crippen molar-refractivity contribution in [2.75, 3.05) is 6.61 Å². The van der Waals surface area contributed by atoms with Crippen LogP contribution < -0.4 is 0 Å². The van der Waals surface area contributed by atoms with E-state index >= 15 is 0 Å². The number of aliphatic hydroxyl groups excluding tert-OH is 1. The highest BCUT2D eigenvalue weighted by Gasteiger charge is 2.48. The second-order valence-corrected chi connectivity index (χ2v) is 9.85. The lowest BCUT2D eigenvalue weighted by Gasteiger charge is -2.44. The van der Waals surface area contributed by atoms with Crippen LogP contribution in [0.1, 0.15) is 22.3 Å². The lowest BCUT2D eigenvalue weighted by Crippen LogP contribution is -2.61. The SMILES string of the molecule is O[C@@H]1O[C@H](COCc2ccccc2)[C@@H](OCc2ccccc2)[C@H](OCc2ccccc2)[C@H]1OCc1ccccc1. The van der Waals surface area contributed by atoms with Crippen LogP contribution in [0, 0.1) is 0 Å². The van der Waals surface area contributed by atoms with Crippen molar-refractivity contribution in [3.63, 3.8) is 0 Å². The first-order chi connectivity index (χ1) is 19.8. The predicted molar refractivity (Wildman–Crippen MR) is 152 cm³/mol. The summed E-state index contributed by atoms with van der Waals surface area (Å²) in [5, 5.41) is 11.2. The summed E-state index contributed by atoms with van der Waals surface area (Å²) in [7, 11) is 0. The van der Waals surface area contributed by atoms with Crippen LogP contribution in [0.5, 0.6) is 0 Å². The van der Waals surface area contributed by atoms with E-state index in [-0.39, 0.29) is 6.61 Å². The summed E-state index contributed by atoms with van der Waals surface area (Å²) in [6, 6.07) is 39.7. The molecule has 0 aliphatic carbocycles. The van der Waals surface area contributed by atoms with Crippen molar-refractivity contribution >= 4 is 0 Å². The van der Waals surface area contributed by atoms with Gasteiger partial charge in [-0.15, -0.1) is 0 Å². The molecule has 0 saturated carbocycles. The van der Waals surface area contributed by atoms with Crippen LogP contribution in [0.2, 0.25) is 0 Å². The summed E-state index contributed by atoms with van der Waals surface area (Å²) in [6.45, 7) is 1.65. The molecule has 1 heterocycles. The molecule has 0 aromatic heterocycles. The molecule has 1 N–H and O–H groups in total. The molecule has 6 nitrogen and oxygen atoms in total. The van der Waals surface area contributed by atoms with Crippen LogP contribution in [0.4, 0.5) is 0 Å². The molecule has 4 aromatic rings. The molecule has 1 saturated heterocycles. The van der Waals surface area contributed by atoms with Crippen molar-refractivity contribution in [1.29, 1.82) is 0 Å². The minimum atomic E-state index is -1.22. The van der Waals surface area contributed by atoms with E-state index in [9.17, 15) is 5.11 Å². The third-order valence-electron chi connectivity index (χ3n) is 6.86. The molecule has 5 rings (SSSR count). The highest BCUT2D eigenvalue weighted by atomic mass is 16.7. The quantitative estimate of drug-likeness (QED) is 0.236. The van der Waals surface area contributed by atoms with Crippen molar-refractivity contribution in [2.24, 2.45) is 0 Å². The number of benzene rings is 4. The molecule has 0 bridgehead atoms. The van der Waals surface area contributed by atoms with Gasteiger partial charge in [-0.2, -0.15) is 0 Å². The molecular formula is C34H36O6. The van der Waals surface area contributed by atoms with Gasteiger partial charge in [0.25, 0.3) is 0 Å². The topological polar surface area (TPSA) is 66.4 Å². The molecule has 0 amide bonds. The maximum absolute atomic E-state index is 11.2. The number of aliphatic hydroxyl groups is 1. The van der Waals surface area contributed by atoms with E-state index in [1.807, 2.05) is 121 Å². The maximum atomic E-state index is 11.2. The Morgan fingerprint density at radius 1 is 0.475 bits per heavy atom. The lowest BCUT2D eigenvalue weighted by atomic mass is 9.98. The minimum Gasteiger partial charge on any atom is -0.374 e. The van der Waals surface area contributed by atoms with Crippen molar-refractivity contribution < 1.29 is 28.8 Å². The minimum absolute atomic E-state index is 0.224. The first-order valence-corrected chi connectivity index (χ1v) is 13.7. The van der Waals surface area contributed by atoms with Gasteiger partial charge in [0.1, 0.15) is 24.4 Å². The molecule has 4 aromatic carbocycles. The van der Waals surface area contributed by atoms with Gasteiger partial charge in [0.2, 0.25) is 0 Å². The van der Waals surface area contributed by atoms with Gasteiger partial charge < -0.3 is 28.8 Å². The Kier molecular flexibility index (Phi) is 10.5. The van der Waals surface area contributed by atoms with Crippen LogP contribution in [0.15, 0.2) is 121 Å². The molecular weight excluding hydrogens is 504 g/mol. The Morgan fingerprint density at radius 3 is 1.30 bits per heavy atom. The van der Waals surface area contributed by atoms with Gasteiger partial charge in [-0.25, -0.2) is 0 Å². The molecule has 5 atom stereocenters. The molecule has 1 aliphatic heterocycles. The van der Waals surface area contributed by atoms with Gasteiger partial charge in [-0.05, 0) is 22.3 Å². The van der Waals surface area contributed by atoms with Crippen molar-refractivity contribution in [3.8, 4) is 0 Å². The third kappa shape index (κ3) is 8.08. The predicted octanol–water partition coefficient (Wildman–Crippen LogP) is 5.68. The van der Waals surface area contributed by atoms with Crippen LogP contribution in [0.25, 0.3) is 0 Å². The maximum Gasteiger partial charge on any atom is 0.184 e. The largest absolute Gasteiger partial charge is 0.374 e. The Balaban J connectivity index is 1.36. The van der Waals surface area contributed by atoms with Crippen molar-refractivity contribution in [2.45, 2.75) is 57.1 Å². The van der Waals surface area contributed by atoms with E-state index in [1.165, 1.54) is 0 Å². The highest BCUT2D eigenvalue weighted by molar-refractivity contribution is 5.16. The van der Waals surface area contributed by atoms with Gasteiger partial charge in [-0.3, -0.25) is 0 Å². The van der Waals surface area contributed by atoms with Gasteiger partial charge in [0.05, 0.1) is 33.0 Å². The number of ether oxygens (including phenoxy) is 5. The van der Waals surface area contributed by atoms with Crippen LogP contribution >= 0.6 is 0 Å². The fourth-order valence-corrected chi connectivity index (χ4v) is 4.77. The van der Waals surface area contributed by atoms with E-state index in [4.69, 9.17) is 23.7 Å². The summed E-state index contributed by atoms with van der Waals surface area (Å²) in [4.78, 5) is 0. The van der Waals surface area contributed by atoms with Crippen molar-refractivity contribution in [3.05, 3.63) is 144 Å². The van der Waals surface area contributed by atoms with Crippen molar-refractivity contribution in [1.82, 2.24) is 0 Å². The smallest absolute Gasteiger partial charge is 0.184 e. The van der Waals surface area contributed by atoms with E-state index < -0.39 is 30.7 Å². The average Bonchev–Trinajstić information content (AvgIpc) is 3.01. The fraction of sp³-hybridized carbons (Fsp3) is 0.294. The summed E-state index contributed by atoms with van der Waals surface area (Å²) in [6.07, 6.45) is -3.72. The van der Waals surface area contributed by atoms with E-state index in [0.717, 1.165) is 22.3 Å². The van der Waals surface area contributed by atoms with Crippen LogP contribution in [0.3, 0.4) is 0 Å². The molecule has 1 fully saturated rings. The normalized spacial score (nSPS) is 22.7. The fourth-order valence-electron chi connectivity index (χ4n) is 4.77. The highest BCUT2D eigenvalue weighted by Crippen LogP contribution is 2.30. The first-order valence-electron chi connectivity index (χ1n) is 13.7. The molecule has 40 heavy (non-hydrogen) atoms.